The zero-order valence-electron chi connectivity index (χ0n) is 18.8. The number of halogens is 3. The second-order valence-corrected chi connectivity index (χ2v) is 11.2. The van der Waals surface area contributed by atoms with Crippen LogP contribution in [-0.2, 0) is 9.59 Å². The van der Waals surface area contributed by atoms with Crippen LogP contribution in [0, 0.1) is 39.9 Å². The van der Waals surface area contributed by atoms with Crippen LogP contribution in [0.2, 0.25) is 0 Å². The van der Waals surface area contributed by atoms with Gasteiger partial charge in [-0.1, -0.05) is 27.4 Å². The van der Waals surface area contributed by atoms with E-state index in [1.165, 1.54) is 6.92 Å². The standard InChI is InChI=1S/C24H35F3N2O2/c1-13(14(2)24(25,26)27)23(20(28)31)12-8-17-15-5-6-18-21(3,10-9-19(30)29-18)16(15)7-11-22(17,23)4/h13,15-18H,2,5-12H2,1,3-4H3,(H2,28,31)(H,29,30)/t13?,15-,16-,17+,18?,21-,22+,23?/m1/s1. The first kappa shape index (κ1) is 22.7. The molecular weight excluding hydrogens is 405 g/mol. The van der Waals surface area contributed by atoms with E-state index in [0.717, 1.165) is 32.1 Å². The number of hydrogen-bond acceptors (Lipinski definition) is 2. The van der Waals surface area contributed by atoms with Crippen LogP contribution < -0.4 is 11.1 Å². The van der Waals surface area contributed by atoms with E-state index in [1.807, 2.05) is 6.92 Å². The number of fused-ring (bicyclic) bond motifs is 5. The normalized spacial score (nSPS) is 45.7. The number of carbonyl (C=O) groups is 2. The smallest absolute Gasteiger partial charge is 0.369 e. The first-order valence-corrected chi connectivity index (χ1v) is 11.6. The van der Waals surface area contributed by atoms with Gasteiger partial charge in [-0.05, 0) is 73.5 Å². The van der Waals surface area contributed by atoms with Crippen molar-refractivity contribution >= 4 is 11.8 Å². The van der Waals surface area contributed by atoms with Crippen LogP contribution in [0.15, 0.2) is 12.2 Å². The number of rotatable bonds is 3. The molecule has 4 rings (SSSR count). The first-order valence-electron chi connectivity index (χ1n) is 11.6. The molecule has 2 amide bonds. The third kappa shape index (κ3) is 2.93. The molecule has 3 aliphatic carbocycles. The second-order valence-electron chi connectivity index (χ2n) is 11.2. The fourth-order valence-electron chi connectivity index (χ4n) is 8.65. The number of alkyl halides is 3. The molecule has 4 fully saturated rings. The van der Waals surface area contributed by atoms with Gasteiger partial charge >= 0.3 is 6.18 Å². The molecule has 31 heavy (non-hydrogen) atoms. The van der Waals surface area contributed by atoms with Gasteiger partial charge in [0.1, 0.15) is 0 Å². The van der Waals surface area contributed by atoms with E-state index in [2.05, 4.69) is 18.8 Å². The Bertz CT molecular complexity index is 811. The maximum atomic E-state index is 13.6. The molecule has 1 heterocycles. The highest BCUT2D eigenvalue weighted by Gasteiger charge is 2.69. The SMILES string of the molecule is C=C(C(C)C1(C(N)=O)CC[C@H]2[C@@H]3CCC4NC(=O)CC[C@]4(C)[C@@H]3CC[C@@]21C)C(F)(F)F. The maximum Gasteiger partial charge on any atom is 0.412 e. The van der Waals surface area contributed by atoms with Gasteiger partial charge in [0.25, 0.3) is 0 Å². The zero-order valence-corrected chi connectivity index (χ0v) is 18.8. The van der Waals surface area contributed by atoms with Gasteiger partial charge < -0.3 is 11.1 Å². The average molecular weight is 441 g/mol. The summed E-state index contributed by atoms with van der Waals surface area (Å²) in [5.41, 5.74) is 3.29. The molecule has 4 aliphatic rings. The van der Waals surface area contributed by atoms with Gasteiger partial charge in [-0.25, -0.2) is 0 Å². The van der Waals surface area contributed by atoms with Crippen LogP contribution in [0.4, 0.5) is 13.2 Å². The Morgan fingerprint density at radius 2 is 1.77 bits per heavy atom. The highest BCUT2D eigenvalue weighted by molar-refractivity contribution is 5.83. The molecular formula is C24H35F3N2O2. The number of allylic oxidation sites excluding steroid dienone is 1. The molecule has 7 heteroatoms. The van der Waals surface area contributed by atoms with Crippen molar-refractivity contribution in [3.8, 4) is 0 Å². The van der Waals surface area contributed by atoms with Crippen molar-refractivity contribution in [2.75, 3.05) is 0 Å². The van der Waals surface area contributed by atoms with Gasteiger partial charge in [0.15, 0.2) is 0 Å². The maximum absolute atomic E-state index is 13.6. The molecule has 0 aromatic heterocycles. The number of hydrogen-bond donors (Lipinski definition) is 2. The van der Waals surface area contributed by atoms with Crippen LogP contribution in [0.3, 0.4) is 0 Å². The molecule has 0 bridgehead atoms. The minimum atomic E-state index is -4.54. The lowest BCUT2D eigenvalue weighted by atomic mass is 9.44. The molecule has 4 nitrogen and oxygen atoms in total. The summed E-state index contributed by atoms with van der Waals surface area (Å²) < 4.78 is 40.8. The summed E-state index contributed by atoms with van der Waals surface area (Å²) in [5.74, 6) is -0.610. The minimum Gasteiger partial charge on any atom is -0.369 e. The van der Waals surface area contributed by atoms with Crippen molar-refractivity contribution in [2.24, 2.45) is 45.7 Å². The topological polar surface area (TPSA) is 72.2 Å². The molecule has 0 spiro atoms. The van der Waals surface area contributed by atoms with Crippen LogP contribution in [0.1, 0.15) is 72.1 Å². The predicted molar refractivity (Wildman–Crippen MR) is 112 cm³/mol. The molecule has 0 aromatic carbocycles. The van der Waals surface area contributed by atoms with E-state index >= 15 is 0 Å². The third-order valence-corrected chi connectivity index (χ3v) is 10.4. The second kappa shape index (κ2) is 6.98. The van der Waals surface area contributed by atoms with E-state index in [1.54, 1.807) is 0 Å². The lowest BCUT2D eigenvalue weighted by Gasteiger charge is -2.62. The van der Waals surface area contributed by atoms with Crippen LogP contribution >= 0.6 is 0 Å². The number of nitrogens with two attached hydrogens (primary N) is 1. The Kier molecular flexibility index (Phi) is 5.10. The van der Waals surface area contributed by atoms with E-state index < -0.39 is 34.4 Å². The number of nitrogens with one attached hydrogen (secondary N) is 1. The van der Waals surface area contributed by atoms with Crippen molar-refractivity contribution in [3.63, 3.8) is 0 Å². The summed E-state index contributed by atoms with van der Waals surface area (Å²) in [6.07, 6.45) is 1.35. The number of carbonyl (C=O) groups excluding carboxylic acids is 2. The van der Waals surface area contributed by atoms with E-state index in [0.29, 0.717) is 31.1 Å². The van der Waals surface area contributed by atoms with Crippen molar-refractivity contribution in [1.82, 2.24) is 5.32 Å². The Labute approximate surface area is 182 Å². The molecule has 3 saturated carbocycles. The monoisotopic (exact) mass is 440 g/mol. The predicted octanol–water partition coefficient (Wildman–Crippen LogP) is 4.73. The highest BCUT2D eigenvalue weighted by Crippen LogP contribution is 2.71. The van der Waals surface area contributed by atoms with Gasteiger partial charge in [-0.15, -0.1) is 0 Å². The molecule has 8 atom stereocenters. The molecule has 1 saturated heterocycles. The van der Waals surface area contributed by atoms with Crippen LogP contribution in [0.25, 0.3) is 0 Å². The Morgan fingerprint density at radius 1 is 1.13 bits per heavy atom. The zero-order chi connectivity index (χ0) is 23.0. The first-order chi connectivity index (χ1) is 14.3. The minimum absolute atomic E-state index is 0.0112. The van der Waals surface area contributed by atoms with Crippen LogP contribution in [0.5, 0.6) is 0 Å². The van der Waals surface area contributed by atoms with Gasteiger partial charge in [0, 0.05) is 24.0 Å². The van der Waals surface area contributed by atoms with Gasteiger partial charge in [0.05, 0.1) is 5.41 Å². The van der Waals surface area contributed by atoms with Crippen molar-refractivity contribution in [2.45, 2.75) is 84.4 Å². The Balaban J connectivity index is 1.69. The summed E-state index contributed by atoms with van der Waals surface area (Å²) in [6, 6.07) is 0.172. The molecule has 0 aromatic rings. The van der Waals surface area contributed by atoms with Crippen molar-refractivity contribution in [1.29, 1.82) is 0 Å². The van der Waals surface area contributed by atoms with E-state index in [4.69, 9.17) is 5.73 Å². The molecule has 0 radical (unpaired) electrons. The summed E-state index contributed by atoms with van der Waals surface area (Å²) in [7, 11) is 0. The van der Waals surface area contributed by atoms with E-state index in [9.17, 15) is 22.8 Å². The summed E-state index contributed by atoms with van der Waals surface area (Å²) in [4.78, 5) is 24.9. The summed E-state index contributed by atoms with van der Waals surface area (Å²) >= 11 is 0. The largest absolute Gasteiger partial charge is 0.412 e. The summed E-state index contributed by atoms with van der Waals surface area (Å²) in [6.45, 7) is 9.14. The molecule has 3 N–H and O–H groups in total. The number of piperidine rings is 1. The van der Waals surface area contributed by atoms with Gasteiger partial charge in [-0.2, -0.15) is 13.2 Å². The quantitative estimate of drug-likeness (QED) is 0.623. The highest BCUT2D eigenvalue weighted by atomic mass is 19.4. The number of primary amides is 1. The van der Waals surface area contributed by atoms with Crippen LogP contribution in [-0.4, -0.2) is 24.0 Å². The fraction of sp³-hybridized carbons (Fsp3) is 0.833. The third-order valence-electron chi connectivity index (χ3n) is 10.4. The van der Waals surface area contributed by atoms with Gasteiger partial charge in [-0.3, -0.25) is 9.59 Å². The number of amides is 2. The van der Waals surface area contributed by atoms with Crippen molar-refractivity contribution in [3.05, 3.63) is 12.2 Å². The van der Waals surface area contributed by atoms with E-state index in [-0.39, 0.29) is 23.3 Å². The lowest BCUT2D eigenvalue weighted by Crippen LogP contribution is -2.63. The molecule has 1 aliphatic heterocycles. The van der Waals surface area contributed by atoms with Gasteiger partial charge in [0.2, 0.25) is 11.8 Å². The van der Waals surface area contributed by atoms with Crippen molar-refractivity contribution < 1.29 is 22.8 Å². The average Bonchev–Trinajstić information content (AvgIpc) is 3.00. The molecule has 174 valence electrons. The fourth-order valence-corrected chi connectivity index (χ4v) is 8.65. The summed E-state index contributed by atoms with van der Waals surface area (Å²) in [5, 5.41) is 3.20. The Morgan fingerprint density at radius 3 is 2.39 bits per heavy atom. The Hall–Kier alpha value is -1.53. The molecule has 3 unspecified atom stereocenters. The lowest BCUT2D eigenvalue weighted by molar-refractivity contribution is -0.160.